The van der Waals surface area contributed by atoms with Crippen molar-refractivity contribution < 1.29 is 0 Å². The van der Waals surface area contributed by atoms with Crippen molar-refractivity contribution in [2.45, 2.75) is 52.0 Å². The lowest BCUT2D eigenvalue weighted by Crippen LogP contribution is -2.36. The molecular formula is C14H24BrN5. The van der Waals surface area contributed by atoms with Gasteiger partial charge >= 0.3 is 0 Å². The van der Waals surface area contributed by atoms with Gasteiger partial charge < -0.3 is 10.3 Å². The molecule has 0 spiro atoms. The second kappa shape index (κ2) is 7.22. The predicted octanol–water partition coefficient (Wildman–Crippen LogP) is 3.32. The third kappa shape index (κ3) is 3.61. The van der Waals surface area contributed by atoms with Crippen molar-refractivity contribution >= 4 is 27.6 Å². The van der Waals surface area contributed by atoms with Crippen LogP contribution in [0.3, 0.4) is 0 Å². The Morgan fingerprint density at radius 1 is 1.40 bits per heavy atom. The highest BCUT2D eigenvalue weighted by atomic mass is 79.9. The van der Waals surface area contributed by atoms with Crippen LogP contribution in [-0.2, 0) is 0 Å². The largest absolute Gasteiger partial charge is 0.353 e. The van der Waals surface area contributed by atoms with Gasteiger partial charge in [0, 0.05) is 12.6 Å². The van der Waals surface area contributed by atoms with Crippen molar-refractivity contribution in [2.24, 2.45) is 11.8 Å². The lowest BCUT2D eigenvalue weighted by atomic mass is 10.1. The van der Waals surface area contributed by atoms with E-state index in [1.54, 1.807) is 6.33 Å². The van der Waals surface area contributed by atoms with Crippen molar-refractivity contribution in [1.29, 1.82) is 0 Å². The van der Waals surface area contributed by atoms with Crippen LogP contribution in [0.5, 0.6) is 0 Å². The van der Waals surface area contributed by atoms with Crippen molar-refractivity contribution in [3.63, 3.8) is 0 Å². The van der Waals surface area contributed by atoms with Crippen LogP contribution >= 0.6 is 15.9 Å². The molecule has 0 bridgehead atoms. The van der Waals surface area contributed by atoms with Crippen molar-refractivity contribution in [3.05, 3.63) is 10.8 Å². The molecule has 1 aliphatic rings. The number of nitrogens with two attached hydrogens (primary N) is 1. The van der Waals surface area contributed by atoms with E-state index in [1.165, 1.54) is 32.1 Å². The van der Waals surface area contributed by atoms with E-state index >= 15 is 0 Å². The highest BCUT2D eigenvalue weighted by molar-refractivity contribution is 9.10. The minimum absolute atomic E-state index is 0.588. The van der Waals surface area contributed by atoms with Gasteiger partial charge in [-0.25, -0.2) is 15.8 Å². The number of nitrogens with one attached hydrogen (secondary N) is 1. The first-order chi connectivity index (χ1) is 9.63. The Bertz CT molecular complexity index is 432. The summed E-state index contributed by atoms with van der Waals surface area (Å²) in [5.74, 6) is 7.79. The van der Waals surface area contributed by atoms with E-state index in [4.69, 9.17) is 5.84 Å². The number of halogens is 1. The molecule has 1 aromatic rings. The summed E-state index contributed by atoms with van der Waals surface area (Å²) in [6.45, 7) is 5.55. The van der Waals surface area contributed by atoms with Crippen molar-refractivity contribution in [3.8, 4) is 0 Å². The monoisotopic (exact) mass is 341 g/mol. The third-order valence-electron chi connectivity index (χ3n) is 3.89. The number of anilines is 2. The summed E-state index contributed by atoms with van der Waals surface area (Å²) in [7, 11) is 0. The lowest BCUT2D eigenvalue weighted by molar-refractivity contribution is 0.524. The molecule has 1 heterocycles. The molecule has 20 heavy (non-hydrogen) atoms. The van der Waals surface area contributed by atoms with Crippen LogP contribution in [0.15, 0.2) is 10.8 Å². The maximum absolute atomic E-state index is 5.51. The van der Waals surface area contributed by atoms with E-state index in [2.05, 4.69) is 50.1 Å². The van der Waals surface area contributed by atoms with Crippen LogP contribution in [0.4, 0.5) is 11.6 Å². The molecule has 0 aromatic carbocycles. The average molecular weight is 342 g/mol. The fraction of sp³-hybridized carbons (Fsp3) is 0.714. The number of aromatic nitrogens is 2. The van der Waals surface area contributed by atoms with Crippen LogP contribution < -0.4 is 16.2 Å². The van der Waals surface area contributed by atoms with Gasteiger partial charge in [-0.3, -0.25) is 0 Å². The normalized spacial score (nSPS) is 15.8. The maximum Gasteiger partial charge on any atom is 0.159 e. The number of rotatable bonds is 6. The summed E-state index contributed by atoms with van der Waals surface area (Å²) in [6, 6.07) is 0.588. The van der Waals surface area contributed by atoms with Crippen molar-refractivity contribution in [2.75, 3.05) is 16.9 Å². The second-order valence-electron chi connectivity index (χ2n) is 5.82. The number of hydrogen-bond donors (Lipinski definition) is 2. The minimum Gasteiger partial charge on any atom is -0.353 e. The van der Waals surface area contributed by atoms with Gasteiger partial charge in [0.05, 0.1) is 0 Å². The quantitative estimate of drug-likeness (QED) is 0.613. The van der Waals surface area contributed by atoms with Gasteiger partial charge in [0.2, 0.25) is 0 Å². The smallest absolute Gasteiger partial charge is 0.159 e. The Morgan fingerprint density at radius 2 is 2.10 bits per heavy atom. The van der Waals surface area contributed by atoms with E-state index < -0.39 is 0 Å². The van der Waals surface area contributed by atoms with E-state index in [0.29, 0.717) is 17.8 Å². The van der Waals surface area contributed by atoms with Crippen LogP contribution in [0.2, 0.25) is 0 Å². The topological polar surface area (TPSA) is 67.1 Å². The number of hydrogen-bond acceptors (Lipinski definition) is 5. The zero-order valence-corrected chi connectivity index (χ0v) is 13.9. The Hall–Kier alpha value is -0.880. The summed E-state index contributed by atoms with van der Waals surface area (Å²) >= 11 is 3.59. The van der Waals surface area contributed by atoms with Crippen LogP contribution in [0.25, 0.3) is 0 Å². The zero-order chi connectivity index (χ0) is 14.5. The molecule has 0 amide bonds. The molecule has 1 fully saturated rings. The van der Waals surface area contributed by atoms with Crippen LogP contribution in [0.1, 0.15) is 46.0 Å². The fourth-order valence-corrected chi connectivity index (χ4v) is 3.28. The SMILES string of the molecule is CC(C)CCN(c1ncnc(NN)c1Br)C1CCCC1. The lowest BCUT2D eigenvalue weighted by Gasteiger charge is -2.31. The van der Waals surface area contributed by atoms with Gasteiger partial charge in [-0.15, -0.1) is 0 Å². The molecule has 0 aliphatic heterocycles. The van der Waals surface area contributed by atoms with Gasteiger partial charge in [0.1, 0.15) is 16.6 Å². The first-order valence-electron chi connectivity index (χ1n) is 7.37. The molecule has 0 radical (unpaired) electrons. The average Bonchev–Trinajstić information content (AvgIpc) is 2.94. The van der Waals surface area contributed by atoms with E-state index in [-0.39, 0.29) is 0 Å². The molecular weight excluding hydrogens is 318 g/mol. The van der Waals surface area contributed by atoms with E-state index in [0.717, 1.165) is 16.8 Å². The molecule has 1 aliphatic carbocycles. The standard InChI is InChI=1S/C14H24BrN5/c1-10(2)7-8-20(11-5-3-4-6-11)14-12(15)13(19-16)17-9-18-14/h9-11H,3-8,16H2,1-2H3,(H,17,18,19). The molecule has 2 rings (SSSR count). The maximum atomic E-state index is 5.51. The summed E-state index contributed by atoms with van der Waals surface area (Å²) in [5.41, 5.74) is 2.62. The van der Waals surface area contributed by atoms with Gasteiger partial charge in [0.25, 0.3) is 0 Å². The molecule has 0 atom stereocenters. The van der Waals surface area contributed by atoms with Crippen molar-refractivity contribution in [1.82, 2.24) is 9.97 Å². The predicted molar refractivity (Wildman–Crippen MR) is 86.6 cm³/mol. The minimum atomic E-state index is 0.588. The Labute approximate surface area is 129 Å². The van der Waals surface area contributed by atoms with Gasteiger partial charge in [0.15, 0.2) is 5.82 Å². The molecule has 0 unspecified atom stereocenters. The number of nitrogen functional groups attached to an aromatic ring is 1. The second-order valence-corrected chi connectivity index (χ2v) is 6.61. The molecule has 0 saturated heterocycles. The van der Waals surface area contributed by atoms with Gasteiger partial charge in [-0.1, -0.05) is 26.7 Å². The molecule has 112 valence electrons. The van der Waals surface area contributed by atoms with Crippen LogP contribution in [-0.4, -0.2) is 22.6 Å². The molecule has 5 nitrogen and oxygen atoms in total. The van der Waals surface area contributed by atoms with Gasteiger partial charge in [-0.05, 0) is 41.1 Å². The number of hydrazine groups is 1. The Kier molecular flexibility index (Phi) is 5.60. The molecule has 1 aromatic heterocycles. The summed E-state index contributed by atoms with van der Waals surface area (Å²) in [5, 5.41) is 0. The molecule has 6 heteroatoms. The first-order valence-corrected chi connectivity index (χ1v) is 8.16. The molecule has 3 N–H and O–H groups in total. The highest BCUT2D eigenvalue weighted by Crippen LogP contribution is 2.34. The van der Waals surface area contributed by atoms with Crippen LogP contribution in [0, 0.1) is 5.92 Å². The summed E-state index contributed by atoms with van der Waals surface area (Å²) < 4.78 is 0.859. The fourth-order valence-electron chi connectivity index (χ4n) is 2.74. The third-order valence-corrected chi connectivity index (χ3v) is 4.62. The Morgan fingerprint density at radius 3 is 2.70 bits per heavy atom. The Balaban J connectivity index is 2.25. The zero-order valence-electron chi connectivity index (χ0n) is 12.3. The van der Waals surface area contributed by atoms with E-state index in [9.17, 15) is 0 Å². The highest BCUT2D eigenvalue weighted by Gasteiger charge is 2.26. The summed E-state index contributed by atoms with van der Waals surface area (Å²) in [6.07, 6.45) is 7.87. The van der Waals surface area contributed by atoms with E-state index in [1.807, 2.05) is 0 Å². The number of nitrogens with zero attached hydrogens (tertiary/aromatic N) is 3. The molecule has 1 saturated carbocycles. The first kappa shape index (κ1) is 15.5. The summed E-state index contributed by atoms with van der Waals surface area (Å²) in [4.78, 5) is 11.1. The van der Waals surface area contributed by atoms with Gasteiger partial charge in [-0.2, -0.15) is 0 Å².